The minimum absolute atomic E-state index is 0.0121. The number of nitrogens with one attached hydrogen (secondary N) is 1. The molecule has 37 heavy (non-hydrogen) atoms. The van der Waals surface area contributed by atoms with Crippen molar-refractivity contribution in [2.45, 2.75) is 19.0 Å². The molecule has 0 saturated carbocycles. The van der Waals surface area contributed by atoms with Crippen LogP contribution in [-0.4, -0.2) is 48.4 Å². The molecular formula is C26H25Cl2N3O6. The normalized spacial score (nSPS) is 11.4. The molecular weight excluding hydrogens is 521 g/mol. The van der Waals surface area contributed by atoms with Gasteiger partial charge in [-0.25, -0.2) is 0 Å². The zero-order valence-corrected chi connectivity index (χ0v) is 21.7. The lowest BCUT2D eigenvalue weighted by Crippen LogP contribution is -2.51. The number of amides is 2. The molecule has 0 radical (unpaired) electrons. The number of carbonyl (C=O) groups excluding carboxylic acids is 2. The number of rotatable bonds is 11. The lowest BCUT2D eigenvalue weighted by atomic mass is 10.0. The molecule has 9 nitrogen and oxygen atoms in total. The molecule has 0 aromatic heterocycles. The molecule has 0 heterocycles. The molecule has 0 spiro atoms. The highest BCUT2D eigenvalue weighted by molar-refractivity contribution is 6.36. The van der Waals surface area contributed by atoms with Crippen LogP contribution in [0.25, 0.3) is 0 Å². The number of benzene rings is 3. The highest BCUT2D eigenvalue weighted by Crippen LogP contribution is 2.31. The van der Waals surface area contributed by atoms with Gasteiger partial charge < -0.3 is 19.7 Å². The van der Waals surface area contributed by atoms with E-state index in [1.54, 1.807) is 18.2 Å². The van der Waals surface area contributed by atoms with Gasteiger partial charge in [0.15, 0.2) is 6.61 Å². The lowest BCUT2D eigenvalue weighted by Gasteiger charge is -2.31. The second-order valence-electron chi connectivity index (χ2n) is 7.92. The van der Waals surface area contributed by atoms with E-state index in [4.69, 9.17) is 32.7 Å². The first-order valence-electron chi connectivity index (χ1n) is 11.2. The third-order valence-corrected chi connectivity index (χ3v) is 6.33. The van der Waals surface area contributed by atoms with E-state index in [2.05, 4.69) is 5.32 Å². The van der Waals surface area contributed by atoms with Crippen LogP contribution in [0.5, 0.6) is 11.5 Å². The van der Waals surface area contributed by atoms with Crippen LogP contribution >= 0.6 is 23.2 Å². The number of methoxy groups -OCH3 is 1. The Morgan fingerprint density at radius 1 is 1.05 bits per heavy atom. The number of nitro groups is 1. The Morgan fingerprint density at radius 3 is 2.32 bits per heavy atom. The van der Waals surface area contributed by atoms with Gasteiger partial charge in [-0.3, -0.25) is 19.7 Å². The number of hydrogen-bond acceptors (Lipinski definition) is 6. The molecule has 1 unspecified atom stereocenters. The van der Waals surface area contributed by atoms with Crippen molar-refractivity contribution in [3.63, 3.8) is 0 Å². The molecule has 194 valence electrons. The maximum absolute atomic E-state index is 13.5. The molecule has 3 aromatic carbocycles. The van der Waals surface area contributed by atoms with E-state index < -0.39 is 23.5 Å². The van der Waals surface area contributed by atoms with E-state index in [9.17, 15) is 19.7 Å². The summed E-state index contributed by atoms with van der Waals surface area (Å²) in [5.74, 6) is -0.719. The lowest BCUT2D eigenvalue weighted by molar-refractivity contribution is -0.385. The van der Waals surface area contributed by atoms with Crippen LogP contribution in [-0.2, 0) is 22.6 Å². The molecule has 0 aliphatic rings. The maximum Gasteiger partial charge on any atom is 0.311 e. The van der Waals surface area contributed by atoms with Gasteiger partial charge in [0.05, 0.1) is 12.0 Å². The highest BCUT2D eigenvalue weighted by Gasteiger charge is 2.31. The summed E-state index contributed by atoms with van der Waals surface area (Å²) in [6.45, 7) is -0.499. The summed E-state index contributed by atoms with van der Waals surface area (Å²) in [7, 11) is 2.79. The third-order valence-electron chi connectivity index (χ3n) is 5.62. The molecule has 0 bridgehead atoms. The van der Waals surface area contributed by atoms with Crippen LogP contribution in [0.4, 0.5) is 5.69 Å². The SMILES string of the molecule is CNC(=O)C(Cc1ccccc1)N(Cc1c(Cl)cccc1Cl)C(=O)COc1ccc([N+](=O)[O-])c(OC)c1. The van der Waals surface area contributed by atoms with Crippen molar-refractivity contribution < 1.29 is 24.0 Å². The standard InChI is InChI=1S/C26H25Cl2N3O6/c1-29-26(33)23(13-17-7-4-3-5-8-17)30(15-19-20(27)9-6-10-21(19)28)25(32)16-37-18-11-12-22(31(34)35)24(14-18)36-2/h3-12,14,23H,13,15-16H2,1-2H3,(H,29,33). The van der Waals surface area contributed by atoms with Crippen molar-refractivity contribution in [3.05, 3.63) is 98.0 Å². The molecule has 1 atom stereocenters. The van der Waals surface area contributed by atoms with E-state index in [1.807, 2.05) is 30.3 Å². The number of halogens is 2. The van der Waals surface area contributed by atoms with Gasteiger partial charge in [-0.05, 0) is 23.8 Å². The zero-order valence-electron chi connectivity index (χ0n) is 20.1. The Hall–Kier alpha value is -3.82. The second kappa shape index (κ2) is 12.9. The van der Waals surface area contributed by atoms with Crippen molar-refractivity contribution in [3.8, 4) is 11.5 Å². The minimum atomic E-state index is -0.901. The van der Waals surface area contributed by atoms with Crippen molar-refractivity contribution in [1.29, 1.82) is 0 Å². The topological polar surface area (TPSA) is 111 Å². The Bertz CT molecular complexity index is 1250. The molecule has 1 N–H and O–H groups in total. The van der Waals surface area contributed by atoms with Crippen molar-refractivity contribution >= 4 is 40.7 Å². The number of nitrogens with zero attached hydrogens (tertiary/aromatic N) is 2. The number of likely N-dealkylation sites (N-methyl/N-ethyl adjacent to an activating group) is 1. The minimum Gasteiger partial charge on any atom is -0.490 e. The average molecular weight is 546 g/mol. The third kappa shape index (κ3) is 7.12. The molecule has 0 fully saturated rings. The van der Waals surface area contributed by atoms with Gasteiger partial charge in [-0.1, -0.05) is 59.6 Å². The molecule has 11 heteroatoms. The molecule has 3 rings (SSSR count). The van der Waals surface area contributed by atoms with E-state index in [1.165, 1.54) is 37.3 Å². The van der Waals surface area contributed by atoms with Crippen LogP contribution in [0.3, 0.4) is 0 Å². The largest absolute Gasteiger partial charge is 0.490 e. The number of hydrogen-bond donors (Lipinski definition) is 1. The van der Waals surface area contributed by atoms with Crippen LogP contribution < -0.4 is 14.8 Å². The van der Waals surface area contributed by atoms with Crippen molar-refractivity contribution in [2.75, 3.05) is 20.8 Å². The fraction of sp³-hybridized carbons (Fsp3) is 0.231. The van der Waals surface area contributed by atoms with E-state index in [0.29, 0.717) is 15.6 Å². The predicted octanol–water partition coefficient (Wildman–Crippen LogP) is 4.68. The number of ether oxygens (including phenoxy) is 2. The van der Waals surface area contributed by atoms with Crippen molar-refractivity contribution in [1.82, 2.24) is 10.2 Å². The first-order chi connectivity index (χ1) is 17.7. The summed E-state index contributed by atoms with van der Waals surface area (Å²) in [4.78, 5) is 38.4. The molecule has 0 aliphatic carbocycles. The van der Waals surface area contributed by atoms with Gasteiger partial charge in [-0.15, -0.1) is 0 Å². The first-order valence-corrected chi connectivity index (χ1v) is 11.9. The van der Waals surface area contributed by atoms with Crippen LogP contribution in [0, 0.1) is 10.1 Å². The summed E-state index contributed by atoms with van der Waals surface area (Å²) >= 11 is 12.8. The van der Waals surface area contributed by atoms with E-state index in [0.717, 1.165) is 5.56 Å². The fourth-order valence-corrected chi connectivity index (χ4v) is 4.22. The number of nitro benzene ring substituents is 1. The molecule has 0 saturated heterocycles. The molecule has 3 aromatic rings. The van der Waals surface area contributed by atoms with Gasteiger partial charge in [0.1, 0.15) is 11.8 Å². The Kier molecular flexibility index (Phi) is 9.71. The molecule has 2 amide bonds. The van der Waals surface area contributed by atoms with Crippen LogP contribution in [0.15, 0.2) is 66.7 Å². The number of carbonyl (C=O) groups is 2. The quantitative estimate of drug-likeness (QED) is 0.276. The van der Waals surface area contributed by atoms with Crippen LogP contribution in [0.2, 0.25) is 10.0 Å². The average Bonchev–Trinajstić information content (AvgIpc) is 2.90. The first kappa shape index (κ1) is 27.8. The predicted molar refractivity (Wildman–Crippen MR) is 140 cm³/mol. The smallest absolute Gasteiger partial charge is 0.311 e. The van der Waals surface area contributed by atoms with Gasteiger partial charge in [0.25, 0.3) is 5.91 Å². The summed E-state index contributed by atoms with van der Waals surface area (Å²) in [5, 5.41) is 14.5. The van der Waals surface area contributed by atoms with Gasteiger partial charge in [0.2, 0.25) is 11.7 Å². The summed E-state index contributed by atoms with van der Waals surface area (Å²) in [5.41, 5.74) is 1.09. The van der Waals surface area contributed by atoms with Crippen molar-refractivity contribution in [2.24, 2.45) is 0 Å². The Balaban J connectivity index is 1.92. The van der Waals surface area contributed by atoms with E-state index >= 15 is 0 Å². The second-order valence-corrected chi connectivity index (χ2v) is 8.74. The van der Waals surface area contributed by atoms with Gasteiger partial charge in [0, 0.05) is 47.8 Å². The maximum atomic E-state index is 13.5. The van der Waals surface area contributed by atoms with E-state index in [-0.39, 0.29) is 36.1 Å². The Labute approximate surface area is 224 Å². The summed E-state index contributed by atoms with van der Waals surface area (Å²) in [6.07, 6.45) is 0.236. The molecule has 0 aliphatic heterocycles. The monoisotopic (exact) mass is 545 g/mol. The van der Waals surface area contributed by atoms with Crippen LogP contribution in [0.1, 0.15) is 11.1 Å². The summed E-state index contributed by atoms with van der Waals surface area (Å²) < 4.78 is 10.7. The zero-order chi connectivity index (χ0) is 26.9. The Morgan fingerprint density at radius 2 is 1.73 bits per heavy atom. The fourth-order valence-electron chi connectivity index (χ4n) is 3.70. The van der Waals surface area contributed by atoms with Gasteiger partial charge >= 0.3 is 5.69 Å². The van der Waals surface area contributed by atoms with Gasteiger partial charge in [-0.2, -0.15) is 0 Å². The highest BCUT2D eigenvalue weighted by atomic mass is 35.5. The summed E-state index contributed by atoms with van der Waals surface area (Å²) in [6, 6.07) is 17.3.